The van der Waals surface area contributed by atoms with Crippen LogP contribution in [0.5, 0.6) is 0 Å². The standard InChI is InChI=1S/2C23H27.C2H6Si.2ClH.Zr/c2*1-5-9-18-12-13-19-14-17(6-2)15-22(19)23(18)21-11-8-7-10-20(21)16(3)4;1-3-2;;;/h2*7-8,10-16H,5-6,9H2,1-4H3;1-2H3;2*1H;/q2*-1;;;;+4/p-2. The molecule has 0 atom stereocenters. The van der Waals surface area contributed by atoms with Gasteiger partial charge in [0, 0.05) is 9.52 Å². The van der Waals surface area contributed by atoms with Gasteiger partial charge in [0.2, 0.25) is 0 Å². The molecule has 2 radical (unpaired) electrons. The van der Waals surface area contributed by atoms with Crippen LogP contribution in [0.15, 0.2) is 97.1 Å². The number of fused-ring (bicyclic) bond motifs is 2. The van der Waals surface area contributed by atoms with E-state index in [1.165, 1.54) is 90.0 Å². The summed E-state index contributed by atoms with van der Waals surface area (Å²) in [7, 11) is 11.0. The van der Waals surface area contributed by atoms with Crippen LogP contribution in [-0.2, 0) is 46.5 Å². The summed E-state index contributed by atoms with van der Waals surface area (Å²) in [5, 5.41) is 5.63. The molecule has 0 aliphatic heterocycles. The van der Waals surface area contributed by atoms with Crippen LogP contribution in [0.1, 0.15) is 113 Å². The second-order valence-corrected chi connectivity index (χ2v) is 18.9. The first-order chi connectivity index (χ1) is 25.1. The van der Waals surface area contributed by atoms with Gasteiger partial charge in [-0.1, -0.05) is 152 Å². The van der Waals surface area contributed by atoms with Crippen LogP contribution in [0.2, 0.25) is 13.1 Å². The molecule has 0 unspecified atom stereocenters. The molecule has 0 nitrogen and oxygen atoms in total. The fourth-order valence-corrected chi connectivity index (χ4v) is 7.23. The summed E-state index contributed by atoms with van der Waals surface area (Å²) < 4.78 is 0. The van der Waals surface area contributed by atoms with Crippen LogP contribution in [0, 0.1) is 0 Å². The van der Waals surface area contributed by atoms with Gasteiger partial charge >= 0.3 is 37.9 Å². The normalized spacial score (nSPS) is 10.7. The van der Waals surface area contributed by atoms with Gasteiger partial charge in [0.15, 0.2) is 0 Å². The van der Waals surface area contributed by atoms with E-state index in [-0.39, 0.29) is 0 Å². The van der Waals surface area contributed by atoms with E-state index < -0.39 is 20.8 Å². The van der Waals surface area contributed by atoms with Crippen molar-refractivity contribution in [3.05, 3.63) is 130 Å². The van der Waals surface area contributed by atoms with Gasteiger partial charge in [0.05, 0.1) is 0 Å². The van der Waals surface area contributed by atoms with Gasteiger partial charge in [-0.25, -0.2) is 0 Å². The zero-order valence-corrected chi connectivity index (χ0v) is 38.4. The predicted molar refractivity (Wildman–Crippen MR) is 234 cm³/mol. The third-order valence-electron chi connectivity index (χ3n) is 9.63. The van der Waals surface area contributed by atoms with E-state index in [0.29, 0.717) is 11.8 Å². The van der Waals surface area contributed by atoms with Gasteiger partial charge in [0.1, 0.15) is 0 Å². The molecule has 274 valence electrons. The molecule has 0 aromatic heterocycles. The Morgan fingerprint density at radius 2 is 0.923 bits per heavy atom. The molecule has 0 heterocycles. The van der Waals surface area contributed by atoms with Crippen molar-refractivity contribution < 1.29 is 20.8 Å². The molecule has 6 aromatic carbocycles. The summed E-state index contributed by atoms with van der Waals surface area (Å²) in [5.41, 5.74) is 14.5. The maximum atomic E-state index is 4.93. The summed E-state index contributed by atoms with van der Waals surface area (Å²) in [6.45, 7) is 22.5. The van der Waals surface area contributed by atoms with Crippen molar-refractivity contribution in [2.24, 2.45) is 0 Å². The fraction of sp³-hybridized carbons (Fsp3) is 0.375. The molecule has 0 aliphatic rings. The number of rotatable bonds is 10. The number of hydrogen-bond acceptors (Lipinski definition) is 0. The third kappa shape index (κ3) is 11.4. The molecule has 4 heteroatoms. The summed E-state index contributed by atoms with van der Waals surface area (Å²) in [6, 6.07) is 36.7. The molecule has 0 fully saturated rings. The molecule has 6 aromatic rings. The van der Waals surface area contributed by atoms with Crippen molar-refractivity contribution in [2.45, 2.75) is 119 Å². The van der Waals surface area contributed by atoms with Crippen LogP contribution in [-0.4, -0.2) is 9.52 Å². The Hall–Kier alpha value is -2.22. The van der Waals surface area contributed by atoms with Crippen LogP contribution in [0.25, 0.3) is 43.8 Å². The minimum atomic E-state index is -0.826. The Morgan fingerprint density at radius 1 is 0.577 bits per heavy atom. The van der Waals surface area contributed by atoms with Gasteiger partial charge < -0.3 is 0 Å². The van der Waals surface area contributed by atoms with Gasteiger partial charge in [-0.15, -0.1) is 69.1 Å². The second-order valence-electron chi connectivity index (χ2n) is 14.2. The maximum absolute atomic E-state index is 4.93. The van der Waals surface area contributed by atoms with Crippen molar-refractivity contribution in [1.29, 1.82) is 0 Å². The van der Waals surface area contributed by atoms with Crippen molar-refractivity contribution in [3.63, 3.8) is 0 Å². The topological polar surface area (TPSA) is 0 Å². The number of benzene rings is 4. The zero-order chi connectivity index (χ0) is 38.2. The summed E-state index contributed by atoms with van der Waals surface area (Å²) >= 11 is -0.826. The summed E-state index contributed by atoms with van der Waals surface area (Å²) in [4.78, 5) is 0. The molecular weight excluding hydrogens is 767 g/mol. The summed E-state index contributed by atoms with van der Waals surface area (Å²) in [5.74, 6) is 1.08. The third-order valence-corrected chi connectivity index (χ3v) is 9.63. The van der Waals surface area contributed by atoms with E-state index in [1.54, 1.807) is 0 Å². The Morgan fingerprint density at radius 3 is 1.23 bits per heavy atom. The number of hydrogen-bond donors (Lipinski definition) is 0. The Labute approximate surface area is 338 Å². The quantitative estimate of drug-likeness (QED) is 0.0953. The van der Waals surface area contributed by atoms with Gasteiger partial charge in [-0.3, -0.25) is 0 Å². The van der Waals surface area contributed by atoms with Gasteiger partial charge in [-0.2, -0.15) is 12.1 Å². The second kappa shape index (κ2) is 22.9. The van der Waals surface area contributed by atoms with Crippen molar-refractivity contribution in [1.82, 2.24) is 0 Å². The first-order valence-corrected chi connectivity index (χ1v) is 27.6. The Bertz CT molecular complexity index is 1800. The molecule has 0 aliphatic carbocycles. The fourth-order valence-electron chi connectivity index (χ4n) is 7.23. The molecule has 6 rings (SSSR count). The number of halogens is 2. The average Bonchev–Trinajstić information content (AvgIpc) is 3.77. The van der Waals surface area contributed by atoms with Gasteiger partial charge in [0.25, 0.3) is 0 Å². The molecule has 0 amide bonds. The first-order valence-electron chi connectivity index (χ1n) is 19.3. The molecule has 0 spiro atoms. The monoisotopic (exact) mass is 824 g/mol. The van der Waals surface area contributed by atoms with E-state index >= 15 is 0 Å². The molecule has 52 heavy (non-hydrogen) atoms. The Balaban J connectivity index is 0.000000244. The minimum absolute atomic E-state index is 0.538. The van der Waals surface area contributed by atoms with Crippen LogP contribution in [0.4, 0.5) is 0 Å². The van der Waals surface area contributed by atoms with Crippen molar-refractivity contribution in [3.8, 4) is 22.3 Å². The summed E-state index contributed by atoms with van der Waals surface area (Å²) in [6.07, 6.45) is 6.86. The molecule has 0 N–H and O–H groups in total. The zero-order valence-electron chi connectivity index (χ0n) is 33.4. The first kappa shape index (κ1) is 44.2. The van der Waals surface area contributed by atoms with Crippen LogP contribution < -0.4 is 0 Å². The molecule has 0 saturated heterocycles. The van der Waals surface area contributed by atoms with Crippen LogP contribution in [0.3, 0.4) is 0 Å². The van der Waals surface area contributed by atoms with Crippen molar-refractivity contribution in [2.75, 3.05) is 0 Å². The van der Waals surface area contributed by atoms with Crippen LogP contribution >= 0.6 is 17.0 Å². The molecule has 0 saturated carbocycles. The van der Waals surface area contributed by atoms with E-state index in [0.717, 1.165) is 35.2 Å². The van der Waals surface area contributed by atoms with Gasteiger partial charge in [-0.05, 0) is 59.8 Å². The molecular formula is C48H60Cl2SiZr. The molecule has 0 bridgehead atoms. The van der Waals surface area contributed by atoms with E-state index in [9.17, 15) is 0 Å². The van der Waals surface area contributed by atoms with E-state index in [2.05, 4.69) is 166 Å². The number of aryl methyl sites for hydroxylation is 4. The Kier molecular flexibility index (Phi) is 19.4. The average molecular weight is 827 g/mol. The predicted octanol–water partition coefficient (Wildman–Crippen LogP) is 15.9. The van der Waals surface area contributed by atoms with Crippen molar-refractivity contribution >= 4 is 48.1 Å². The van der Waals surface area contributed by atoms with E-state index in [4.69, 9.17) is 17.0 Å². The van der Waals surface area contributed by atoms with E-state index in [1.807, 2.05) is 0 Å². The SMILES string of the molecule is CCCc1ccc2[cH-]c(CC)cc2c1-c1ccccc1C(C)C.CCCc1ccc2[cH-]c(CC)cc2c1-c1ccccc1C(C)C.C[Si]C.[Cl][Zr+2][Cl].